The SMILES string of the molecule is O=C(c1cccc2cn[nH]c12)N1CCN(c2ccccc2[N+](=O)[O-])CC1. The van der Waals surface area contributed by atoms with Gasteiger partial charge in [0.1, 0.15) is 5.69 Å². The quantitative estimate of drug-likeness (QED) is 0.577. The number of H-pyrrole nitrogens is 1. The number of piperazine rings is 1. The maximum Gasteiger partial charge on any atom is 0.292 e. The molecule has 4 rings (SSSR count). The Morgan fingerprint density at radius 3 is 2.62 bits per heavy atom. The first-order chi connectivity index (χ1) is 12.6. The molecule has 132 valence electrons. The first-order valence-electron chi connectivity index (χ1n) is 8.35. The van der Waals surface area contributed by atoms with Crippen LogP contribution in [0.1, 0.15) is 10.4 Å². The minimum absolute atomic E-state index is 0.0536. The fourth-order valence-electron chi connectivity index (χ4n) is 3.35. The van der Waals surface area contributed by atoms with Gasteiger partial charge >= 0.3 is 0 Å². The molecule has 0 radical (unpaired) electrons. The Hall–Kier alpha value is -3.42. The van der Waals surface area contributed by atoms with Gasteiger partial charge in [-0.3, -0.25) is 20.0 Å². The number of anilines is 1. The van der Waals surface area contributed by atoms with Crippen LogP contribution in [0.4, 0.5) is 11.4 Å². The highest BCUT2D eigenvalue weighted by molar-refractivity contribution is 6.05. The summed E-state index contributed by atoms with van der Waals surface area (Å²) in [5.41, 5.74) is 2.02. The molecule has 1 aromatic heterocycles. The molecule has 1 aliphatic heterocycles. The zero-order valence-corrected chi connectivity index (χ0v) is 14.0. The van der Waals surface area contributed by atoms with Crippen LogP contribution in [0.2, 0.25) is 0 Å². The fourth-order valence-corrected chi connectivity index (χ4v) is 3.35. The number of hydrogen-bond acceptors (Lipinski definition) is 5. The molecule has 0 saturated carbocycles. The maximum atomic E-state index is 12.9. The lowest BCUT2D eigenvalue weighted by atomic mass is 10.1. The van der Waals surface area contributed by atoms with Gasteiger partial charge in [-0.2, -0.15) is 5.10 Å². The molecule has 1 fully saturated rings. The highest BCUT2D eigenvalue weighted by atomic mass is 16.6. The minimum Gasteiger partial charge on any atom is -0.362 e. The summed E-state index contributed by atoms with van der Waals surface area (Å²) in [6.07, 6.45) is 1.69. The van der Waals surface area contributed by atoms with Gasteiger partial charge < -0.3 is 9.80 Å². The summed E-state index contributed by atoms with van der Waals surface area (Å²) in [6, 6.07) is 12.2. The Morgan fingerprint density at radius 1 is 1.08 bits per heavy atom. The molecule has 8 nitrogen and oxygen atoms in total. The molecule has 1 N–H and O–H groups in total. The molecule has 8 heteroatoms. The Morgan fingerprint density at radius 2 is 1.85 bits per heavy atom. The van der Waals surface area contributed by atoms with E-state index in [1.807, 2.05) is 17.0 Å². The summed E-state index contributed by atoms with van der Waals surface area (Å²) < 4.78 is 0. The Balaban J connectivity index is 1.51. The topological polar surface area (TPSA) is 95.4 Å². The van der Waals surface area contributed by atoms with E-state index in [9.17, 15) is 14.9 Å². The lowest BCUT2D eigenvalue weighted by molar-refractivity contribution is -0.384. The number of nitro benzene ring substituents is 1. The van der Waals surface area contributed by atoms with Crippen molar-refractivity contribution in [2.45, 2.75) is 0 Å². The van der Waals surface area contributed by atoms with Gasteiger partial charge in [0.25, 0.3) is 11.6 Å². The van der Waals surface area contributed by atoms with Gasteiger partial charge in [0.15, 0.2) is 0 Å². The summed E-state index contributed by atoms with van der Waals surface area (Å²) in [7, 11) is 0. The highest BCUT2D eigenvalue weighted by Crippen LogP contribution is 2.28. The monoisotopic (exact) mass is 351 g/mol. The summed E-state index contributed by atoms with van der Waals surface area (Å²) in [5, 5.41) is 19.0. The molecular formula is C18H17N5O3. The van der Waals surface area contributed by atoms with Gasteiger partial charge in [-0.05, 0) is 12.1 Å². The van der Waals surface area contributed by atoms with Gasteiger partial charge in [-0.15, -0.1) is 0 Å². The van der Waals surface area contributed by atoms with Crippen molar-refractivity contribution in [2.24, 2.45) is 0 Å². The van der Waals surface area contributed by atoms with E-state index in [4.69, 9.17) is 0 Å². The van der Waals surface area contributed by atoms with E-state index < -0.39 is 0 Å². The van der Waals surface area contributed by atoms with Crippen LogP contribution >= 0.6 is 0 Å². The average molecular weight is 351 g/mol. The molecule has 1 saturated heterocycles. The second kappa shape index (κ2) is 6.47. The number of aromatic nitrogens is 2. The smallest absolute Gasteiger partial charge is 0.292 e. The van der Waals surface area contributed by atoms with Crippen molar-refractivity contribution in [3.05, 3.63) is 64.3 Å². The number of para-hydroxylation sites is 3. The number of aromatic amines is 1. The van der Waals surface area contributed by atoms with Crippen molar-refractivity contribution in [3.63, 3.8) is 0 Å². The number of fused-ring (bicyclic) bond motifs is 1. The molecule has 0 bridgehead atoms. The second-order valence-electron chi connectivity index (χ2n) is 6.16. The zero-order valence-electron chi connectivity index (χ0n) is 14.0. The van der Waals surface area contributed by atoms with Crippen LogP contribution in [0.15, 0.2) is 48.7 Å². The van der Waals surface area contributed by atoms with Crippen molar-refractivity contribution in [1.82, 2.24) is 15.1 Å². The molecule has 1 aliphatic rings. The predicted molar refractivity (Wildman–Crippen MR) is 97.3 cm³/mol. The predicted octanol–water partition coefficient (Wildman–Crippen LogP) is 2.43. The van der Waals surface area contributed by atoms with E-state index in [1.54, 1.807) is 35.4 Å². The van der Waals surface area contributed by atoms with Crippen molar-refractivity contribution in [2.75, 3.05) is 31.1 Å². The molecule has 2 aromatic carbocycles. The molecule has 2 heterocycles. The van der Waals surface area contributed by atoms with Crippen LogP contribution in [0.25, 0.3) is 10.9 Å². The van der Waals surface area contributed by atoms with E-state index in [1.165, 1.54) is 6.07 Å². The number of amides is 1. The lowest BCUT2D eigenvalue weighted by Gasteiger charge is -2.35. The second-order valence-corrected chi connectivity index (χ2v) is 6.16. The number of nitrogens with zero attached hydrogens (tertiary/aromatic N) is 4. The Kier molecular flexibility index (Phi) is 4.00. The fraction of sp³-hybridized carbons (Fsp3) is 0.222. The number of hydrogen-bond donors (Lipinski definition) is 1. The van der Waals surface area contributed by atoms with Crippen LogP contribution in [-0.2, 0) is 0 Å². The number of nitro groups is 1. The van der Waals surface area contributed by atoms with E-state index in [-0.39, 0.29) is 16.5 Å². The van der Waals surface area contributed by atoms with Crippen LogP contribution in [0, 0.1) is 10.1 Å². The van der Waals surface area contributed by atoms with Crippen LogP contribution in [0.5, 0.6) is 0 Å². The van der Waals surface area contributed by atoms with Gasteiger partial charge in [0.2, 0.25) is 0 Å². The minimum atomic E-state index is -0.369. The highest BCUT2D eigenvalue weighted by Gasteiger charge is 2.26. The summed E-state index contributed by atoms with van der Waals surface area (Å²) in [4.78, 5) is 27.5. The maximum absolute atomic E-state index is 12.9. The van der Waals surface area contributed by atoms with Gasteiger partial charge in [-0.1, -0.05) is 24.3 Å². The third kappa shape index (κ3) is 2.75. The van der Waals surface area contributed by atoms with Crippen LogP contribution in [0.3, 0.4) is 0 Å². The van der Waals surface area contributed by atoms with Crippen LogP contribution < -0.4 is 4.90 Å². The molecule has 26 heavy (non-hydrogen) atoms. The van der Waals surface area contributed by atoms with Gasteiger partial charge in [0.05, 0.1) is 22.2 Å². The van der Waals surface area contributed by atoms with Gasteiger partial charge in [0, 0.05) is 37.6 Å². The van der Waals surface area contributed by atoms with Crippen LogP contribution in [-0.4, -0.2) is 52.1 Å². The number of nitrogens with one attached hydrogen (secondary N) is 1. The third-order valence-electron chi connectivity index (χ3n) is 4.69. The molecule has 0 atom stereocenters. The van der Waals surface area contributed by atoms with Gasteiger partial charge in [-0.25, -0.2) is 0 Å². The summed E-state index contributed by atoms with van der Waals surface area (Å²) >= 11 is 0. The normalized spacial score (nSPS) is 14.6. The zero-order chi connectivity index (χ0) is 18.1. The first kappa shape index (κ1) is 16.1. The third-order valence-corrected chi connectivity index (χ3v) is 4.69. The number of benzene rings is 2. The van der Waals surface area contributed by atoms with Crippen molar-refractivity contribution in [1.29, 1.82) is 0 Å². The summed E-state index contributed by atoms with van der Waals surface area (Å²) in [6.45, 7) is 2.12. The van der Waals surface area contributed by atoms with E-state index in [0.717, 1.165) is 10.9 Å². The first-order valence-corrected chi connectivity index (χ1v) is 8.35. The Bertz CT molecular complexity index is 976. The molecule has 0 unspecified atom stereocenters. The Labute approximate surface area is 149 Å². The standard InChI is InChI=1S/C18H17N5O3/c24-18(14-5-3-4-13-12-19-20-17(13)14)22-10-8-21(9-11-22)15-6-1-2-7-16(15)23(25)26/h1-7,12H,8-11H2,(H,19,20). The molecular weight excluding hydrogens is 334 g/mol. The largest absolute Gasteiger partial charge is 0.362 e. The number of rotatable bonds is 3. The molecule has 3 aromatic rings. The van der Waals surface area contributed by atoms with Crippen molar-refractivity contribution >= 4 is 28.2 Å². The van der Waals surface area contributed by atoms with E-state index in [2.05, 4.69) is 10.2 Å². The van der Waals surface area contributed by atoms with E-state index >= 15 is 0 Å². The van der Waals surface area contributed by atoms with Crippen molar-refractivity contribution < 1.29 is 9.72 Å². The van der Waals surface area contributed by atoms with Crippen molar-refractivity contribution in [3.8, 4) is 0 Å². The number of carbonyl (C=O) groups is 1. The molecule has 1 amide bonds. The molecule has 0 spiro atoms. The molecule has 0 aliphatic carbocycles. The van der Waals surface area contributed by atoms with E-state index in [0.29, 0.717) is 37.4 Å². The number of carbonyl (C=O) groups excluding carboxylic acids is 1. The lowest BCUT2D eigenvalue weighted by Crippen LogP contribution is -2.49. The summed E-state index contributed by atoms with van der Waals surface area (Å²) in [5.74, 6) is -0.0536. The average Bonchev–Trinajstić information content (AvgIpc) is 3.16.